The summed E-state index contributed by atoms with van der Waals surface area (Å²) in [5.74, 6) is 0.626. The highest BCUT2D eigenvalue weighted by atomic mass is 16.5. The van der Waals surface area contributed by atoms with Crippen molar-refractivity contribution in [2.24, 2.45) is 0 Å². The molecule has 1 amide bonds. The second kappa shape index (κ2) is 8.41. The number of nitrogens with zero attached hydrogens (tertiary/aromatic N) is 7. The van der Waals surface area contributed by atoms with Crippen molar-refractivity contribution in [1.82, 2.24) is 34.6 Å². The second-order valence-corrected chi connectivity index (χ2v) is 8.14. The molecule has 11 heteroatoms. The number of rotatable bonds is 4. The van der Waals surface area contributed by atoms with Crippen molar-refractivity contribution in [3.8, 4) is 11.3 Å². The van der Waals surface area contributed by atoms with Gasteiger partial charge in [0.15, 0.2) is 5.65 Å². The van der Waals surface area contributed by atoms with E-state index in [1.165, 1.54) is 0 Å². The number of amides is 1. The van der Waals surface area contributed by atoms with Gasteiger partial charge in [0.1, 0.15) is 6.54 Å². The number of morpholine rings is 2. The normalized spacial score (nSPS) is 17.2. The van der Waals surface area contributed by atoms with Gasteiger partial charge >= 0.3 is 0 Å². The van der Waals surface area contributed by atoms with E-state index >= 15 is 0 Å². The maximum Gasteiger partial charge on any atom is 0.244 e. The first kappa shape index (κ1) is 20.1. The smallest absolute Gasteiger partial charge is 0.244 e. The number of benzene rings is 1. The van der Waals surface area contributed by atoms with Crippen LogP contribution in [0.3, 0.4) is 0 Å². The predicted octanol–water partition coefficient (Wildman–Crippen LogP) is 1.06. The summed E-state index contributed by atoms with van der Waals surface area (Å²) in [5, 5.41) is 5.33. The van der Waals surface area contributed by atoms with E-state index in [4.69, 9.17) is 19.4 Å². The third-order valence-electron chi connectivity index (χ3n) is 6.12. The molecule has 0 atom stereocenters. The fourth-order valence-corrected chi connectivity index (χ4v) is 4.31. The Hall–Kier alpha value is -3.57. The number of carbonyl (C=O) groups excluding carboxylic acids is 1. The molecular weight excluding hydrogens is 424 g/mol. The Balaban J connectivity index is 1.43. The molecule has 0 saturated carbocycles. The van der Waals surface area contributed by atoms with E-state index in [1.54, 1.807) is 17.2 Å². The fraction of sp³-hybridized carbons (Fsp3) is 0.409. The van der Waals surface area contributed by atoms with E-state index in [-0.39, 0.29) is 12.5 Å². The number of imidazole rings is 1. The average Bonchev–Trinajstić information content (AvgIpc) is 3.51. The summed E-state index contributed by atoms with van der Waals surface area (Å²) in [7, 11) is 0. The third-order valence-corrected chi connectivity index (χ3v) is 6.12. The molecule has 2 aliphatic rings. The number of anilines is 1. The molecule has 2 saturated heterocycles. The Labute approximate surface area is 189 Å². The van der Waals surface area contributed by atoms with Crippen LogP contribution in [0.25, 0.3) is 33.3 Å². The Morgan fingerprint density at radius 1 is 1.03 bits per heavy atom. The van der Waals surface area contributed by atoms with Crippen molar-refractivity contribution in [2.45, 2.75) is 6.54 Å². The van der Waals surface area contributed by atoms with Crippen molar-refractivity contribution < 1.29 is 14.3 Å². The number of hydrogen-bond acceptors (Lipinski definition) is 8. The molecule has 1 aromatic carbocycles. The first-order valence-corrected chi connectivity index (χ1v) is 11.1. The van der Waals surface area contributed by atoms with Gasteiger partial charge in [0, 0.05) is 31.7 Å². The number of ether oxygens (including phenoxy) is 2. The minimum Gasteiger partial charge on any atom is -0.378 e. The zero-order valence-corrected chi connectivity index (χ0v) is 18.1. The van der Waals surface area contributed by atoms with Crippen molar-refractivity contribution >= 4 is 33.9 Å². The summed E-state index contributed by atoms with van der Waals surface area (Å²) in [5.41, 5.74) is 4.19. The van der Waals surface area contributed by atoms with Crippen molar-refractivity contribution in [3.63, 3.8) is 0 Å². The highest BCUT2D eigenvalue weighted by Crippen LogP contribution is 2.30. The van der Waals surface area contributed by atoms with E-state index < -0.39 is 0 Å². The maximum absolute atomic E-state index is 12.9. The summed E-state index contributed by atoms with van der Waals surface area (Å²) < 4.78 is 12.6. The molecule has 5 heterocycles. The predicted molar refractivity (Wildman–Crippen MR) is 121 cm³/mol. The van der Waals surface area contributed by atoms with E-state index in [0.717, 1.165) is 27.7 Å². The largest absolute Gasteiger partial charge is 0.378 e. The van der Waals surface area contributed by atoms with Crippen molar-refractivity contribution in [1.29, 1.82) is 0 Å². The monoisotopic (exact) mass is 448 g/mol. The summed E-state index contributed by atoms with van der Waals surface area (Å²) in [6, 6.07) is 6.00. The average molecular weight is 448 g/mol. The minimum atomic E-state index is 0.00950. The molecule has 0 spiro atoms. The number of carbonyl (C=O) groups is 1. The topological polar surface area (TPSA) is 114 Å². The lowest BCUT2D eigenvalue weighted by Gasteiger charge is -2.27. The van der Waals surface area contributed by atoms with Crippen molar-refractivity contribution in [2.75, 3.05) is 57.5 Å². The molecule has 0 aliphatic carbocycles. The SMILES string of the molecule is O=C(Cn1ncc2c(-c3ccc4nc[nH]c4c3)nc(N3CCOCC3)nc21)N1CCOCC1. The van der Waals surface area contributed by atoms with Gasteiger partial charge in [0.05, 0.1) is 61.1 Å². The van der Waals surface area contributed by atoms with Crippen LogP contribution in [-0.2, 0) is 20.8 Å². The van der Waals surface area contributed by atoms with Crippen LogP contribution in [0.15, 0.2) is 30.7 Å². The molecule has 3 aromatic heterocycles. The zero-order valence-electron chi connectivity index (χ0n) is 18.1. The molecule has 11 nitrogen and oxygen atoms in total. The lowest BCUT2D eigenvalue weighted by molar-refractivity contribution is -0.136. The first-order chi connectivity index (χ1) is 16.3. The van der Waals surface area contributed by atoms with Gasteiger partial charge in [0.2, 0.25) is 11.9 Å². The fourth-order valence-electron chi connectivity index (χ4n) is 4.31. The summed E-state index contributed by atoms with van der Waals surface area (Å²) in [6.45, 7) is 5.14. The van der Waals surface area contributed by atoms with Crippen LogP contribution >= 0.6 is 0 Å². The van der Waals surface area contributed by atoms with Crippen LogP contribution in [0, 0.1) is 0 Å². The van der Waals surface area contributed by atoms with Gasteiger partial charge in [0.25, 0.3) is 0 Å². The molecule has 1 N–H and O–H groups in total. The molecule has 6 rings (SSSR count). The van der Waals surface area contributed by atoms with Crippen LogP contribution in [0.5, 0.6) is 0 Å². The lowest BCUT2D eigenvalue weighted by Crippen LogP contribution is -2.42. The second-order valence-electron chi connectivity index (χ2n) is 8.14. The van der Waals surface area contributed by atoms with Gasteiger partial charge in [-0.2, -0.15) is 10.1 Å². The van der Waals surface area contributed by atoms with Gasteiger partial charge in [-0.15, -0.1) is 0 Å². The number of H-pyrrole nitrogens is 1. The first-order valence-electron chi connectivity index (χ1n) is 11.1. The number of nitrogens with one attached hydrogen (secondary N) is 1. The highest BCUT2D eigenvalue weighted by Gasteiger charge is 2.23. The molecule has 2 fully saturated rings. The lowest BCUT2D eigenvalue weighted by atomic mass is 10.1. The molecule has 33 heavy (non-hydrogen) atoms. The van der Waals surface area contributed by atoms with Crippen LogP contribution in [0.4, 0.5) is 5.95 Å². The van der Waals surface area contributed by atoms with Crippen LogP contribution in [0.1, 0.15) is 0 Å². The van der Waals surface area contributed by atoms with Gasteiger partial charge in [-0.1, -0.05) is 6.07 Å². The van der Waals surface area contributed by atoms with E-state index in [0.29, 0.717) is 64.2 Å². The van der Waals surface area contributed by atoms with Crippen molar-refractivity contribution in [3.05, 3.63) is 30.7 Å². The van der Waals surface area contributed by atoms with Gasteiger partial charge in [-0.05, 0) is 12.1 Å². The Bertz CT molecular complexity index is 1300. The molecule has 0 unspecified atom stereocenters. The van der Waals surface area contributed by atoms with E-state index in [1.807, 2.05) is 23.1 Å². The number of hydrogen-bond donors (Lipinski definition) is 1. The molecule has 0 radical (unpaired) electrons. The van der Waals surface area contributed by atoms with E-state index in [9.17, 15) is 4.79 Å². The quantitative estimate of drug-likeness (QED) is 0.493. The number of aromatic nitrogens is 6. The Morgan fingerprint density at radius 3 is 2.64 bits per heavy atom. The van der Waals surface area contributed by atoms with E-state index in [2.05, 4.69) is 20.0 Å². The highest BCUT2D eigenvalue weighted by molar-refractivity contribution is 5.94. The number of fused-ring (bicyclic) bond motifs is 2. The van der Waals surface area contributed by atoms with Gasteiger partial charge < -0.3 is 24.3 Å². The van der Waals surface area contributed by atoms with Crippen LogP contribution in [0.2, 0.25) is 0 Å². The molecule has 2 aliphatic heterocycles. The van der Waals surface area contributed by atoms with Crippen LogP contribution in [-0.4, -0.2) is 93.1 Å². The molecule has 4 aromatic rings. The molecule has 0 bridgehead atoms. The van der Waals surface area contributed by atoms with Gasteiger partial charge in [-0.25, -0.2) is 14.6 Å². The molecule has 170 valence electrons. The maximum atomic E-state index is 12.9. The van der Waals surface area contributed by atoms with Gasteiger partial charge in [-0.3, -0.25) is 4.79 Å². The minimum absolute atomic E-state index is 0.00950. The summed E-state index contributed by atoms with van der Waals surface area (Å²) in [6.07, 6.45) is 3.43. The Kier molecular flexibility index (Phi) is 5.11. The third kappa shape index (κ3) is 3.79. The standard InChI is InChI=1S/C22H24N8O3/c31-19(28-3-7-32-8-4-28)13-30-21-16(12-25-30)20(15-1-2-17-18(11-15)24-14-23-17)26-22(27-21)29-5-9-33-10-6-29/h1-2,11-12,14H,3-10,13H2,(H,23,24). The zero-order chi connectivity index (χ0) is 22.2. The molecular formula is C22H24N8O3. The summed E-state index contributed by atoms with van der Waals surface area (Å²) in [4.78, 5) is 34.1. The van der Waals surface area contributed by atoms with Crippen LogP contribution < -0.4 is 4.90 Å². The number of aromatic amines is 1. The Morgan fingerprint density at radius 2 is 1.82 bits per heavy atom. The summed E-state index contributed by atoms with van der Waals surface area (Å²) >= 11 is 0.